The Balaban J connectivity index is -0.0000000167. The molecule has 27 heavy (non-hydrogen) atoms. The minimum Gasteiger partial charge on any atom is -0.870 e. The molecular formula is C6H13F5INa3O10S2. The molecule has 0 saturated heterocycles. The minimum absolute atomic E-state index is 0. The maximum Gasteiger partial charge on any atom is 1.00 e. The Labute approximate surface area is 237 Å². The molecule has 0 heterocycles. The summed E-state index contributed by atoms with van der Waals surface area (Å²) < 4.78 is 97.2. The summed E-state index contributed by atoms with van der Waals surface area (Å²) in [6, 6.07) is 0. The molecule has 0 amide bonds. The fourth-order valence-corrected chi connectivity index (χ4v) is 0.0546. The zero-order valence-corrected chi connectivity index (χ0v) is 23.6. The van der Waals surface area contributed by atoms with Crippen LogP contribution in [-0.2, 0) is 35.4 Å². The number of carboxylic acid groups (broad SMARTS) is 1. The SMILES string of the molecule is C.COC(=O)CF.I.O=C([O-])CF.O=S(=O)(F)F.O=S(=O)([O-])F.[Na+].[Na+].[Na+].[OH-]. The van der Waals surface area contributed by atoms with E-state index in [9.17, 15) is 25.2 Å². The first-order valence-electron chi connectivity index (χ1n) is 3.76. The van der Waals surface area contributed by atoms with E-state index in [0.29, 0.717) is 0 Å². The molecule has 154 valence electrons. The van der Waals surface area contributed by atoms with Crippen LogP contribution in [-0.4, -0.2) is 59.3 Å². The van der Waals surface area contributed by atoms with Crippen LogP contribution in [0.15, 0.2) is 0 Å². The van der Waals surface area contributed by atoms with Crippen LogP contribution in [0.5, 0.6) is 0 Å². The number of carbonyl (C=O) groups is 2. The van der Waals surface area contributed by atoms with Crippen molar-refractivity contribution in [3.8, 4) is 0 Å². The topological polar surface area (TPSA) is 188 Å². The number of methoxy groups -OCH3 is 1. The zero-order valence-electron chi connectivity index (χ0n) is 13.7. The summed E-state index contributed by atoms with van der Waals surface area (Å²) in [4.78, 5) is 18.5. The van der Waals surface area contributed by atoms with E-state index in [0.717, 1.165) is 7.11 Å². The molecule has 0 saturated carbocycles. The van der Waals surface area contributed by atoms with E-state index < -0.39 is 46.4 Å². The van der Waals surface area contributed by atoms with Gasteiger partial charge in [-0.25, -0.2) is 22.0 Å². The molecule has 0 fully saturated rings. The van der Waals surface area contributed by atoms with Crippen molar-refractivity contribution >= 4 is 57.0 Å². The van der Waals surface area contributed by atoms with Crippen LogP contribution in [0.3, 0.4) is 0 Å². The Morgan fingerprint density at radius 3 is 1.07 bits per heavy atom. The first-order chi connectivity index (χ1) is 9.08. The number of halogens is 6. The predicted octanol–water partition coefficient (Wildman–Crippen LogP) is -9.49. The van der Waals surface area contributed by atoms with E-state index in [4.69, 9.17) is 31.3 Å². The van der Waals surface area contributed by atoms with Gasteiger partial charge in [0.05, 0.1) is 13.1 Å². The van der Waals surface area contributed by atoms with Crippen molar-refractivity contribution in [2.45, 2.75) is 7.43 Å². The third-order valence-corrected chi connectivity index (χ3v) is 0.446. The molecule has 0 unspecified atom stereocenters. The van der Waals surface area contributed by atoms with Crippen LogP contribution in [0, 0.1) is 0 Å². The average Bonchev–Trinajstić information content (AvgIpc) is 2.24. The number of ether oxygens (including phenoxy) is 1. The number of rotatable bonds is 2. The molecule has 10 nitrogen and oxygen atoms in total. The van der Waals surface area contributed by atoms with Crippen LogP contribution in [0.1, 0.15) is 7.43 Å². The Kier molecular flexibility index (Phi) is 90.3. The van der Waals surface area contributed by atoms with E-state index in [1.807, 2.05) is 0 Å². The van der Waals surface area contributed by atoms with Gasteiger partial charge >= 0.3 is 105 Å². The Bertz CT molecular complexity index is 444. The molecule has 21 heteroatoms. The summed E-state index contributed by atoms with van der Waals surface area (Å²) in [6.07, 6.45) is 0. The second-order valence-electron chi connectivity index (χ2n) is 1.99. The number of esters is 1. The van der Waals surface area contributed by atoms with Crippen molar-refractivity contribution in [2.75, 3.05) is 20.5 Å². The summed E-state index contributed by atoms with van der Waals surface area (Å²) in [5.74, 6) is -2.49. The van der Waals surface area contributed by atoms with Gasteiger partial charge in [0.1, 0.15) is 6.67 Å². The maximum atomic E-state index is 10.9. The van der Waals surface area contributed by atoms with Crippen LogP contribution < -0.4 is 93.8 Å². The number of hydrogen-bond donors (Lipinski definition) is 0. The van der Waals surface area contributed by atoms with Gasteiger partial charge in [0.25, 0.3) is 10.5 Å². The van der Waals surface area contributed by atoms with Gasteiger partial charge in [0.2, 0.25) is 0 Å². The van der Waals surface area contributed by atoms with E-state index in [1.54, 1.807) is 0 Å². The molecule has 0 aliphatic heterocycles. The normalized spacial score (nSPS) is 7.37. The molecule has 0 rings (SSSR count). The molecule has 0 aliphatic carbocycles. The van der Waals surface area contributed by atoms with Crippen molar-refractivity contribution < 1.29 is 155 Å². The van der Waals surface area contributed by atoms with E-state index >= 15 is 0 Å². The quantitative estimate of drug-likeness (QED) is 0.0736. The summed E-state index contributed by atoms with van der Waals surface area (Å²) in [6.45, 7) is -2.42. The van der Waals surface area contributed by atoms with Gasteiger partial charge in [0.15, 0.2) is 6.67 Å². The minimum atomic E-state index is -5.67. The van der Waals surface area contributed by atoms with Crippen molar-refractivity contribution in [2.24, 2.45) is 0 Å². The Morgan fingerprint density at radius 1 is 0.926 bits per heavy atom. The molecular weight excluding hydrogens is 587 g/mol. The van der Waals surface area contributed by atoms with Gasteiger partial charge in [-0.2, -0.15) is 8.42 Å². The number of hydrogen-bond acceptors (Lipinski definition) is 10. The van der Waals surface area contributed by atoms with Crippen LogP contribution >= 0.6 is 24.0 Å². The van der Waals surface area contributed by atoms with Gasteiger partial charge in [0, 0.05) is 0 Å². The first kappa shape index (κ1) is 63.0. The monoisotopic (exact) mass is 600 g/mol. The zero-order chi connectivity index (χ0) is 18.3. The molecule has 1 N–H and O–H groups in total. The summed E-state index contributed by atoms with van der Waals surface area (Å²) in [5.41, 5.74) is 0. The largest absolute Gasteiger partial charge is 1.00 e. The Hall–Kier alpha value is 2.14. The molecule has 0 aromatic rings. The summed E-state index contributed by atoms with van der Waals surface area (Å²) in [7, 11) is -9.94. The number of carbonyl (C=O) groups excluding carboxylic acids is 2. The standard InChI is InChI=1S/C3H5FO2.C2H3FO2.CH4.F2O2S.FHO3S.HI.3Na.H2O/c1-6-3(5)2-4;3-1-2(4)5;;2*1-5(2,3)4;;;;;/h2H2,1H3;1H2,(H,4,5);1H4;;(H,2,3,4);1H;;;;1H2/q;;;;;;3*+1;/p-3. The number of aliphatic carboxylic acids is 1. The number of carboxylic acids is 1. The molecule has 0 aromatic heterocycles. The third-order valence-electron chi connectivity index (χ3n) is 0.446. The van der Waals surface area contributed by atoms with Gasteiger partial charge in [-0.1, -0.05) is 15.2 Å². The second-order valence-corrected chi connectivity index (χ2v) is 3.53. The van der Waals surface area contributed by atoms with Crippen molar-refractivity contribution in [1.82, 2.24) is 0 Å². The molecule has 0 aromatic carbocycles. The fraction of sp³-hybridized carbons (Fsp3) is 0.667. The van der Waals surface area contributed by atoms with E-state index in [1.165, 1.54) is 0 Å². The smallest absolute Gasteiger partial charge is 0.870 e. The van der Waals surface area contributed by atoms with Crippen LogP contribution in [0.2, 0.25) is 0 Å². The Morgan fingerprint density at radius 2 is 1.07 bits per heavy atom. The van der Waals surface area contributed by atoms with E-state index in [-0.39, 0.29) is 126 Å². The molecule has 0 bridgehead atoms. The van der Waals surface area contributed by atoms with Crippen molar-refractivity contribution in [3.05, 3.63) is 0 Å². The molecule has 0 atom stereocenters. The summed E-state index contributed by atoms with van der Waals surface area (Å²) in [5, 5.41) is 8.88. The van der Waals surface area contributed by atoms with Gasteiger partial charge in [-0.3, -0.25) is 0 Å². The molecule has 0 aliphatic rings. The predicted molar refractivity (Wildman–Crippen MR) is 75.0 cm³/mol. The van der Waals surface area contributed by atoms with Gasteiger partial charge in [-0.05, 0) is 0 Å². The second kappa shape index (κ2) is 38.7. The molecule has 0 radical (unpaired) electrons. The number of alkyl halides is 2. The van der Waals surface area contributed by atoms with Gasteiger partial charge in [-0.15, -0.1) is 27.9 Å². The van der Waals surface area contributed by atoms with Crippen LogP contribution in [0.25, 0.3) is 0 Å². The van der Waals surface area contributed by atoms with Crippen LogP contribution in [0.4, 0.5) is 20.4 Å². The fourth-order valence-electron chi connectivity index (χ4n) is 0.0546. The maximum absolute atomic E-state index is 10.9. The van der Waals surface area contributed by atoms with E-state index in [2.05, 4.69) is 4.74 Å². The van der Waals surface area contributed by atoms with Gasteiger partial charge < -0.3 is 24.7 Å². The van der Waals surface area contributed by atoms with Crippen molar-refractivity contribution in [1.29, 1.82) is 0 Å². The third kappa shape index (κ3) is 290. The summed E-state index contributed by atoms with van der Waals surface area (Å²) >= 11 is 0. The van der Waals surface area contributed by atoms with Crippen molar-refractivity contribution in [3.63, 3.8) is 0 Å². The average molecular weight is 600 g/mol. The first-order valence-corrected chi connectivity index (χ1v) is 6.36. The molecule has 0 spiro atoms.